The van der Waals surface area contributed by atoms with E-state index < -0.39 is 0 Å². The quantitative estimate of drug-likeness (QED) is 0.507. The van der Waals surface area contributed by atoms with Crippen molar-refractivity contribution in [3.63, 3.8) is 0 Å². The van der Waals surface area contributed by atoms with E-state index in [0.29, 0.717) is 17.2 Å². The summed E-state index contributed by atoms with van der Waals surface area (Å²) in [7, 11) is 5.84. The van der Waals surface area contributed by atoms with Crippen molar-refractivity contribution in [2.45, 2.75) is 13.5 Å². The molecule has 1 aromatic heterocycles. The van der Waals surface area contributed by atoms with Crippen LogP contribution in [0, 0.1) is 6.92 Å². The molecule has 30 heavy (non-hydrogen) atoms. The van der Waals surface area contributed by atoms with Crippen molar-refractivity contribution in [1.29, 1.82) is 0 Å². The fourth-order valence-corrected chi connectivity index (χ4v) is 3.49. The lowest BCUT2D eigenvalue weighted by Crippen LogP contribution is -3.06. The number of nitrogens with zero attached hydrogens (tertiary/aromatic N) is 1. The topological polar surface area (TPSA) is 61.8 Å². The first kappa shape index (κ1) is 21.8. The summed E-state index contributed by atoms with van der Waals surface area (Å²) < 4.78 is 5.32. The van der Waals surface area contributed by atoms with E-state index in [1.807, 2.05) is 54.3 Å². The minimum Gasteiger partial charge on any atom is -0.497 e. The molecule has 0 atom stereocenters. The standard InChI is InChI=1S/C23H28N4O2S/c1-16-6-5-7-19(12-16)24-23(30)27(11-10-26(2)3)15-18-13-17-14-20(29-4)8-9-21(17)25-22(18)28/h5-9,12-14H,10-11,15H2,1-4H3,(H,24,30)(H,25,28)/p+1. The fraction of sp³-hybridized carbons (Fsp3) is 0.304. The average Bonchev–Trinajstić information content (AvgIpc) is 2.70. The number of thiocarbonyl (C=S) groups is 1. The van der Waals surface area contributed by atoms with Gasteiger partial charge in [0.25, 0.3) is 5.56 Å². The Balaban J connectivity index is 1.87. The lowest BCUT2D eigenvalue weighted by atomic mass is 10.1. The number of anilines is 1. The van der Waals surface area contributed by atoms with Gasteiger partial charge >= 0.3 is 0 Å². The normalized spacial score (nSPS) is 11.0. The second kappa shape index (κ2) is 9.73. The minimum absolute atomic E-state index is 0.103. The molecule has 6 nitrogen and oxygen atoms in total. The third-order valence-electron chi connectivity index (χ3n) is 4.93. The average molecular weight is 426 g/mol. The van der Waals surface area contributed by atoms with Crippen molar-refractivity contribution in [3.8, 4) is 5.75 Å². The van der Waals surface area contributed by atoms with Crippen LogP contribution in [0.4, 0.5) is 5.69 Å². The molecule has 0 aliphatic rings. The third kappa shape index (κ3) is 5.58. The number of aromatic nitrogens is 1. The summed E-state index contributed by atoms with van der Waals surface area (Å²) in [6, 6.07) is 15.6. The largest absolute Gasteiger partial charge is 0.497 e. The predicted molar refractivity (Wildman–Crippen MR) is 127 cm³/mol. The van der Waals surface area contributed by atoms with Crippen LogP contribution in [-0.2, 0) is 6.54 Å². The summed E-state index contributed by atoms with van der Waals surface area (Å²) in [6.45, 7) is 4.10. The number of ether oxygens (including phenoxy) is 1. The molecule has 3 N–H and O–H groups in total. The van der Waals surface area contributed by atoms with E-state index in [1.165, 1.54) is 4.90 Å². The summed E-state index contributed by atoms with van der Waals surface area (Å²) in [4.78, 5) is 19.0. The first-order chi connectivity index (χ1) is 14.4. The Hall–Kier alpha value is -2.90. The SMILES string of the molecule is COc1ccc2[nH]c(=O)c(CN(CC[NH+](C)C)C(=S)Nc3cccc(C)c3)cc2c1. The Labute approximate surface area is 182 Å². The number of hydrogen-bond donors (Lipinski definition) is 3. The lowest BCUT2D eigenvalue weighted by Gasteiger charge is -2.26. The van der Waals surface area contributed by atoms with Crippen molar-refractivity contribution >= 4 is 33.9 Å². The van der Waals surface area contributed by atoms with Crippen LogP contribution in [0.2, 0.25) is 0 Å². The molecule has 0 saturated carbocycles. The Morgan fingerprint density at radius 3 is 2.70 bits per heavy atom. The van der Waals surface area contributed by atoms with Crippen molar-refractivity contribution in [3.05, 3.63) is 70.0 Å². The van der Waals surface area contributed by atoms with Crippen molar-refractivity contribution in [2.24, 2.45) is 0 Å². The van der Waals surface area contributed by atoms with Gasteiger partial charge in [0.05, 0.1) is 40.8 Å². The molecule has 7 heteroatoms. The zero-order chi connectivity index (χ0) is 21.7. The van der Waals surface area contributed by atoms with Crippen LogP contribution in [-0.4, -0.2) is 49.3 Å². The maximum absolute atomic E-state index is 12.7. The second-order valence-corrected chi connectivity index (χ2v) is 8.14. The van der Waals surface area contributed by atoms with E-state index in [4.69, 9.17) is 17.0 Å². The number of benzene rings is 2. The Bertz CT molecular complexity index is 1090. The van der Waals surface area contributed by atoms with Gasteiger partial charge in [0, 0.05) is 22.2 Å². The molecule has 0 aliphatic carbocycles. The lowest BCUT2D eigenvalue weighted by molar-refractivity contribution is -0.857. The number of quaternary nitrogens is 1. The van der Waals surface area contributed by atoms with E-state index >= 15 is 0 Å². The molecule has 3 aromatic rings. The van der Waals surface area contributed by atoms with Crippen molar-refractivity contribution < 1.29 is 9.64 Å². The van der Waals surface area contributed by atoms with Crippen LogP contribution in [0.25, 0.3) is 10.9 Å². The summed E-state index contributed by atoms with van der Waals surface area (Å²) >= 11 is 5.70. The molecular weight excluding hydrogens is 396 g/mol. The van der Waals surface area contributed by atoms with Gasteiger partial charge in [0.1, 0.15) is 5.75 Å². The van der Waals surface area contributed by atoms with Gasteiger partial charge in [-0.1, -0.05) is 12.1 Å². The van der Waals surface area contributed by atoms with Gasteiger partial charge in [0.15, 0.2) is 5.11 Å². The molecule has 2 aromatic carbocycles. The number of likely N-dealkylation sites (N-methyl/N-ethyl adjacent to an activating group) is 1. The van der Waals surface area contributed by atoms with Crippen LogP contribution < -0.4 is 20.5 Å². The second-order valence-electron chi connectivity index (χ2n) is 7.76. The van der Waals surface area contributed by atoms with Crippen molar-refractivity contribution in [1.82, 2.24) is 9.88 Å². The Morgan fingerprint density at radius 2 is 2.00 bits per heavy atom. The molecule has 1 heterocycles. The van der Waals surface area contributed by atoms with Gasteiger partial charge < -0.3 is 24.8 Å². The Morgan fingerprint density at radius 1 is 1.20 bits per heavy atom. The van der Waals surface area contributed by atoms with Gasteiger partial charge in [-0.25, -0.2) is 0 Å². The van der Waals surface area contributed by atoms with Gasteiger partial charge in [-0.05, 0) is 61.1 Å². The molecule has 3 rings (SSSR count). The molecule has 158 valence electrons. The van der Waals surface area contributed by atoms with E-state index in [0.717, 1.165) is 41.0 Å². The highest BCUT2D eigenvalue weighted by molar-refractivity contribution is 7.80. The molecule has 0 amide bonds. The van der Waals surface area contributed by atoms with Crippen LogP contribution in [0.1, 0.15) is 11.1 Å². The number of rotatable bonds is 7. The Kier molecular flexibility index (Phi) is 7.07. The number of hydrogen-bond acceptors (Lipinski definition) is 3. The van der Waals surface area contributed by atoms with E-state index in [9.17, 15) is 4.79 Å². The highest BCUT2D eigenvalue weighted by atomic mass is 32.1. The molecule has 0 spiro atoms. The van der Waals surface area contributed by atoms with E-state index in [-0.39, 0.29) is 5.56 Å². The number of nitrogens with one attached hydrogen (secondary N) is 3. The van der Waals surface area contributed by atoms with Crippen LogP contribution in [0.5, 0.6) is 5.75 Å². The smallest absolute Gasteiger partial charge is 0.253 e. The number of aryl methyl sites for hydroxylation is 1. The number of methoxy groups -OCH3 is 1. The first-order valence-electron chi connectivity index (χ1n) is 9.97. The monoisotopic (exact) mass is 425 g/mol. The zero-order valence-electron chi connectivity index (χ0n) is 17.9. The van der Waals surface area contributed by atoms with Crippen LogP contribution in [0.3, 0.4) is 0 Å². The van der Waals surface area contributed by atoms with Crippen molar-refractivity contribution in [2.75, 3.05) is 39.6 Å². The maximum Gasteiger partial charge on any atom is 0.253 e. The van der Waals surface area contributed by atoms with E-state index in [2.05, 4.69) is 30.5 Å². The highest BCUT2D eigenvalue weighted by Crippen LogP contribution is 2.19. The molecule has 0 fully saturated rings. The summed E-state index contributed by atoms with van der Waals surface area (Å²) in [6.07, 6.45) is 0. The predicted octanol–water partition coefficient (Wildman–Crippen LogP) is 2.19. The van der Waals surface area contributed by atoms with Gasteiger partial charge in [-0.2, -0.15) is 0 Å². The molecule has 0 bridgehead atoms. The zero-order valence-corrected chi connectivity index (χ0v) is 18.7. The van der Waals surface area contributed by atoms with Gasteiger partial charge in [0.2, 0.25) is 0 Å². The third-order valence-corrected chi connectivity index (χ3v) is 5.29. The highest BCUT2D eigenvalue weighted by Gasteiger charge is 2.15. The first-order valence-corrected chi connectivity index (χ1v) is 10.4. The summed E-state index contributed by atoms with van der Waals surface area (Å²) in [5.74, 6) is 0.755. The van der Waals surface area contributed by atoms with E-state index in [1.54, 1.807) is 7.11 Å². The minimum atomic E-state index is -0.103. The van der Waals surface area contributed by atoms with Crippen LogP contribution in [0.15, 0.2) is 53.3 Å². The number of fused-ring (bicyclic) bond motifs is 1. The van der Waals surface area contributed by atoms with Crippen LogP contribution >= 0.6 is 12.2 Å². The summed E-state index contributed by atoms with van der Waals surface area (Å²) in [5.41, 5.74) is 3.45. The summed E-state index contributed by atoms with van der Waals surface area (Å²) in [5, 5.41) is 4.85. The van der Waals surface area contributed by atoms with Gasteiger partial charge in [-0.3, -0.25) is 4.79 Å². The molecule has 0 saturated heterocycles. The molecule has 0 radical (unpaired) electrons. The molecule has 0 aliphatic heterocycles. The number of H-pyrrole nitrogens is 1. The number of aromatic amines is 1. The maximum atomic E-state index is 12.7. The molecule has 0 unspecified atom stereocenters. The van der Waals surface area contributed by atoms with Gasteiger partial charge in [-0.15, -0.1) is 0 Å². The fourth-order valence-electron chi connectivity index (χ4n) is 3.22. The number of pyridine rings is 1. The molecular formula is C23H29N4O2S+.